The van der Waals surface area contributed by atoms with Gasteiger partial charge in [0.05, 0.1) is 17.8 Å². The maximum atomic E-state index is 5.25. The molecule has 3 rings (SSSR count). The van der Waals surface area contributed by atoms with Crippen LogP contribution in [0.25, 0.3) is 0 Å². The molecule has 0 aliphatic heterocycles. The molecule has 0 spiro atoms. The van der Waals surface area contributed by atoms with E-state index in [9.17, 15) is 0 Å². The minimum absolute atomic E-state index is 0.784. The summed E-state index contributed by atoms with van der Waals surface area (Å²) in [4.78, 5) is 4.34. The predicted octanol–water partition coefficient (Wildman–Crippen LogP) is 1.87. The molecule has 1 aliphatic carbocycles. The summed E-state index contributed by atoms with van der Waals surface area (Å²) >= 11 is 0. The van der Waals surface area contributed by atoms with E-state index in [0.717, 1.165) is 30.0 Å². The highest BCUT2D eigenvalue weighted by molar-refractivity contribution is 5.39. The van der Waals surface area contributed by atoms with Gasteiger partial charge in [-0.05, 0) is 18.6 Å². The number of rotatable bonds is 0. The molecule has 70 valence electrons. The van der Waals surface area contributed by atoms with Crippen LogP contribution in [-0.4, -0.2) is 10.1 Å². The molecule has 0 aromatic carbocycles. The lowest BCUT2D eigenvalue weighted by atomic mass is 9.93. The van der Waals surface area contributed by atoms with Crippen LogP contribution in [0.4, 0.5) is 0 Å². The van der Waals surface area contributed by atoms with Crippen molar-refractivity contribution >= 4 is 0 Å². The van der Waals surface area contributed by atoms with Gasteiger partial charge in [-0.3, -0.25) is 4.98 Å². The minimum atomic E-state index is 0.784. The van der Waals surface area contributed by atoms with Crippen LogP contribution in [-0.2, 0) is 12.8 Å². The molecule has 0 unspecified atom stereocenters. The van der Waals surface area contributed by atoms with E-state index in [0.29, 0.717) is 0 Å². The summed E-state index contributed by atoms with van der Waals surface area (Å²) in [5.41, 5.74) is 4.67. The van der Waals surface area contributed by atoms with Gasteiger partial charge in [0, 0.05) is 18.2 Å². The van der Waals surface area contributed by atoms with E-state index in [-0.39, 0.29) is 0 Å². The van der Waals surface area contributed by atoms with E-state index >= 15 is 0 Å². The van der Waals surface area contributed by atoms with Gasteiger partial charge >= 0.3 is 0 Å². The predicted molar refractivity (Wildman–Crippen MR) is 51.1 cm³/mol. The van der Waals surface area contributed by atoms with Gasteiger partial charge < -0.3 is 4.52 Å². The van der Waals surface area contributed by atoms with Crippen LogP contribution >= 0.6 is 0 Å². The zero-order valence-corrected chi connectivity index (χ0v) is 7.95. The van der Waals surface area contributed by atoms with Crippen LogP contribution in [0.5, 0.6) is 0 Å². The van der Waals surface area contributed by atoms with Crippen molar-refractivity contribution in [2.75, 3.05) is 0 Å². The van der Waals surface area contributed by atoms with Gasteiger partial charge in [0.15, 0.2) is 0 Å². The molecule has 3 nitrogen and oxygen atoms in total. The second kappa shape index (κ2) is 2.67. The molecule has 0 radical (unpaired) electrons. The first kappa shape index (κ1) is 7.74. The Labute approximate surface area is 81.8 Å². The molecule has 3 heteroatoms. The molecule has 0 saturated carbocycles. The van der Waals surface area contributed by atoms with E-state index < -0.39 is 0 Å². The number of fused-ring (bicyclic) bond motifs is 2. The number of hydrogen-bond donors (Lipinski definition) is 0. The van der Waals surface area contributed by atoms with Gasteiger partial charge in [0.1, 0.15) is 5.76 Å². The third-order valence-corrected chi connectivity index (χ3v) is 2.75. The van der Waals surface area contributed by atoms with Crippen LogP contribution in [0.3, 0.4) is 0 Å². The fraction of sp³-hybridized carbons (Fsp3) is 0.273. The normalized spacial score (nSPS) is 13.5. The highest BCUT2D eigenvalue weighted by Crippen LogP contribution is 2.27. The lowest BCUT2D eigenvalue weighted by molar-refractivity contribution is 0.382. The Morgan fingerprint density at radius 3 is 3.21 bits per heavy atom. The number of aryl methyl sites for hydroxylation is 1. The van der Waals surface area contributed by atoms with Crippen molar-refractivity contribution in [2.45, 2.75) is 19.8 Å². The molecule has 0 fully saturated rings. The summed E-state index contributed by atoms with van der Waals surface area (Å²) in [6, 6.07) is 4.10. The number of nitrogens with zero attached hydrogens (tertiary/aromatic N) is 2. The Hall–Kier alpha value is -1.64. The van der Waals surface area contributed by atoms with Crippen molar-refractivity contribution in [1.82, 2.24) is 10.1 Å². The first-order valence-electron chi connectivity index (χ1n) is 4.71. The van der Waals surface area contributed by atoms with Crippen molar-refractivity contribution < 1.29 is 4.52 Å². The van der Waals surface area contributed by atoms with E-state index in [4.69, 9.17) is 4.52 Å². The number of hydrogen-bond acceptors (Lipinski definition) is 3. The first-order valence-corrected chi connectivity index (χ1v) is 4.71. The minimum Gasteiger partial charge on any atom is -0.360 e. The standard InChI is InChI=1S/C11H10N2O/c1-7-9-5-8-3-2-4-12-10(8)6-11(9)14-13-7/h2-4H,5-6H2,1H3. The molecule has 0 N–H and O–H groups in total. The Balaban J connectivity index is 2.14. The van der Waals surface area contributed by atoms with Gasteiger partial charge in [0.2, 0.25) is 0 Å². The van der Waals surface area contributed by atoms with Gasteiger partial charge in [0.25, 0.3) is 0 Å². The van der Waals surface area contributed by atoms with Gasteiger partial charge in [-0.25, -0.2) is 0 Å². The van der Waals surface area contributed by atoms with Crippen LogP contribution < -0.4 is 0 Å². The van der Waals surface area contributed by atoms with E-state index in [1.807, 2.05) is 19.2 Å². The summed E-state index contributed by atoms with van der Waals surface area (Å²) in [5.74, 6) is 0.980. The molecular weight excluding hydrogens is 176 g/mol. The molecule has 2 heterocycles. The average Bonchev–Trinajstić information content (AvgIpc) is 2.57. The van der Waals surface area contributed by atoms with Gasteiger partial charge in [-0.15, -0.1) is 0 Å². The van der Waals surface area contributed by atoms with Crippen LogP contribution in [0.15, 0.2) is 22.9 Å². The lowest BCUT2D eigenvalue weighted by Gasteiger charge is -2.12. The van der Waals surface area contributed by atoms with Crippen LogP contribution in [0.1, 0.15) is 28.3 Å². The Morgan fingerprint density at radius 2 is 2.29 bits per heavy atom. The summed E-state index contributed by atoms with van der Waals surface area (Å²) in [7, 11) is 0. The largest absolute Gasteiger partial charge is 0.360 e. The van der Waals surface area contributed by atoms with E-state index in [1.54, 1.807) is 0 Å². The number of aromatic nitrogens is 2. The maximum absolute atomic E-state index is 5.25. The highest BCUT2D eigenvalue weighted by atomic mass is 16.5. The highest BCUT2D eigenvalue weighted by Gasteiger charge is 2.21. The summed E-state index contributed by atoms with van der Waals surface area (Å²) in [6.07, 6.45) is 3.52. The van der Waals surface area contributed by atoms with Gasteiger partial charge in [-0.2, -0.15) is 0 Å². The average molecular weight is 186 g/mol. The van der Waals surface area contributed by atoms with Crippen molar-refractivity contribution in [3.8, 4) is 0 Å². The molecule has 0 amide bonds. The first-order chi connectivity index (χ1) is 6.84. The fourth-order valence-electron chi connectivity index (χ4n) is 1.93. The quantitative estimate of drug-likeness (QED) is 0.538. The molecule has 14 heavy (non-hydrogen) atoms. The van der Waals surface area contributed by atoms with Crippen molar-refractivity contribution in [1.29, 1.82) is 0 Å². The Kier molecular flexibility index (Phi) is 1.48. The molecule has 0 saturated heterocycles. The van der Waals surface area contributed by atoms with E-state index in [2.05, 4.69) is 16.2 Å². The smallest absolute Gasteiger partial charge is 0.146 e. The second-order valence-corrected chi connectivity index (χ2v) is 3.63. The van der Waals surface area contributed by atoms with E-state index in [1.165, 1.54) is 11.1 Å². The Morgan fingerprint density at radius 1 is 1.36 bits per heavy atom. The number of pyridine rings is 1. The topological polar surface area (TPSA) is 38.9 Å². The zero-order chi connectivity index (χ0) is 9.54. The molecule has 2 aromatic heterocycles. The SMILES string of the molecule is Cc1noc2c1Cc1cccnc1C2. The van der Waals surface area contributed by atoms with Crippen LogP contribution in [0.2, 0.25) is 0 Å². The lowest BCUT2D eigenvalue weighted by Crippen LogP contribution is -2.07. The summed E-state index contributed by atoms with van der Waals surface area (Å²) in [6.45, 7) is 1.99. The second-order valence-electron chi connectivity index (χ2n) is 3.63. The van der Waals surface area contributed by atoms with Crippen molar-refractivity contribution in [3.63, 3.8) is 0 Å². The molecule has 0 bridgehead atoms. The Bertz CT molecular complexity index is 488. The molecule has 2 aromatic rings. The van der Waals surface area contributed by atoms with Crippen molar-refractivity contribution in [3.05, 3.63) is 46.6 Å². The zero-order valence-electron chi connectivity index (χ0n) is 7.95. The van der Waals surface area contributed by atoms with Crippen LogP contribution in [0, 0.1) is 6.92 Å². The summed E-state index contributed by atoms with van der Waals surface area (Å²) in [5, 5.41) is 3.98. The van der Waals surface area contributed by atoms with Gasteiger partial charge in [-0.1, -0.05) is 11.2 Å². The third kappa shape index (κ3) is 0.985. The third-order valence-electron chi connectivity index (χ3n) is 2.75. The summed E-state index contributed by atoms with van der Waals surface area (Å²) < 4.78 is 5.25. The molecule has 0 atom stereocenters. The monoisotopic (exact) mass is 186 g/mol. The molecular formula is C11H10N2O. The molecule has 1 aliphatic rings. The maximum Gasteiger partial charge on any atom is 0.146 e. The fourth-order valence-corrected chi connectivity index (χ4v) is 1.93. The van der Waals surface area contributed by atoms with Crippen molar-refractivity contribution in [2.24, 2.45) is 0 Å².